The molecule has 4 aliphatic carbocycles. The Morgan fingerprint density at radius 3 is 0.774 bits per heavy atom. The van der Waals surface area contributed by atoms with E-state index in [9.17, 15) is 10.5 Å². The van der Waals surface area contributed by atoms with E-state index in [1.165, 1.54) is 66.6 Å². The van der Waals surface area contributed by atoms with Crippen LogP contribution in [-0.4, -0.2) is 18.3 Å². The van der Waals surface area contributed by atoms with Crippen molar-refractivity contribution in [1.29, 1.82) is 10.5 Å². The Labute approximate surface area is 361 Å². The summed E-state index contributed by atoms with van der Waals surface area (Å²) in [5.74, 6) is 0. The summed E-state index contributed by atoms with van der Waals surface area (Å²) < 4.78 is 9.88. The maximum Gasteiger partial charge on any atom is 0.104 e. The average Bonchev–Trinajstić information content (AvgIpc) is 4.06. The third-order valence-corrected chi connectivity index (χ3v) is 15.2. The number of fused-ring (bicyclic) bond motifs is 12. The second-order valence-corrected chi connectivity index (χ2v) is 18.3. The van der Waals surface area contributed by atoms with Crippen molar-refractivity contribution in [1.82, 2.24) is 18.3 Å². The Kier molecular flexibility index (Phi) is 8.05. The molecule has 0 N–H and O–H groups in total. The molecule has 6 heteroatoms. The van der Waals surface area contributed by atoms with Gasteiger partial charge >= 0.3 is 0 Å². The van der Waals surface area contributed by atoms with E-state index in [0.717, 1.165) is 148 Å². The van der Waals surface area contributed by atoms with E-state index in [-0.39, 0.29) is 0 Å². The largest absolute Gasteiger partial charge is 0.310 e. The highest BCUT2D eigenvalue weighted by Crippen LogP contribution is 2.49. The van der Waals surface area contributed by atoms with Crippen LogP contribution < -0.4 is 0 Å². The number of hydrogen-bond acceptors (Lipinski definition) is 2. The van der Waals surface area contributed by atoms with Crippen molar-refractivity contribution in [3.63, 3.8) is 0 Å². The number of benzene rings is 5. The van der Waals surface area contributed by atoms with Gasteiger partial charge < -0.3 is 18.3 Å². The van der Waals surface area contributed by atoms with Gasteiger partial charge in [-0.05, 0) is 149 Å². The third-order valence-electron chi connectivity index (χ3n) is 15.2. The molecule has 5 aromatic carbocycles. The van der Waals surface area contributed by atoms with Crippen LogP contribution >= 0.6 is 0 Å². The number of aryl methyl sites for hydroxylation is 4. The van der Waals surface area contributed by atoms with Crippen LogP contribution in [0.15, 0.2) is 97.1 Å². The van der Waals surface area contributed by atoms with Crippen LogP contribution in [0.5, 0.6) is 0 Å². The van der Waals surface area contributed by atoms with E-state index in [2.05, 4.69) is 127 Å². The molecule has 6 nitrogen and oxygen atoms in total. The number of nitriles is 2. The number of hydrogen-bond donors (Lipinski definition) is 0. The minimum absolute atomic E-state index is 0.641. The Morgan fingerprint density at radius 1 is 0.306 bits per heavy atom. The first kappa shape index (κ1) is 35.9. The fourth-order valence-corrected chi connectivity index (χ4v) is 12.8. The molecule has 62 heavy (non-hydrogen) atoms. The molecule has 4 aliphatic rings. The van der Waals surface area contributed by atoms with Gasteiger partial charge in [-0.1, -0.05) is 72.8 Å². The zero-order valence-corrected chi connectivity index (χ0v) is 35.2. The van der Waals surface area contributed by atoms with Crippen molar-refractivity contribution in [2.24, 2.45) is 0 Å². The fourth-order valence-electron chi connectivity index (χ4n) is 12.8. The van der Waals surface area contributed by atoms with Gasteiger partial charge in [0.25, 0.3) is 0 Å². The van der Waals surface area contributed by atoms with Crippen molar-refractivity contribution in [2.75, 3.05) is 0 Å². The predicted molar refractivity (Wildman–Crippen MR) is 250 cm³/mol. The van der Waals surface area contributed by atoms with Crippen LogP contribution in [0.1, 0.15) is 108 Å². The van der Waals surface area contributed by atoms with E-state index >= 15 is 0 Å². The summed E-state index contributed by atoms with van der Waals surface area (Å²) in [6, 6.07) is 41.4. The highest BCUT2D eigenvalue weighted by Gasteiger charge is 2.37. The molecule has 4 heterocycles. The molecule has 13 rings (SSSR count). The number of rotatable bonds is 4. The van der Waals surface area contributed by atoms with E-state index in [1.54, 1.807) is 0 Å². The zero-order valence-electron chi connectivity index (χ0n) is 35.2. The second kappa shape index (κ2) is 13.9. The Hall–Kier alpha value is -6.76. The molecule has 0 aliphatic heterocycles. The molecule has 0 saturated carbocycles. The lowest BCUT2D eigenvalue weighted by Crippen LogP contribution is -2.21. The van der Waals surface area contributed by atoms with E-state index in [1.807, 2.05) is 0 Å². The molecule has 0 amide bonds. The van der Waals surface area contributed by atoms with Crippen LogP contribution in [0.3, 0.4) is 0 Å². The summed E-state index contributed by atoms with van der Waals surface area (Å²) in [5, 5.41) is 29.8. The lowest BCUT2D eigenvalue weighted by molar-refractivity contribution is 0.657. The van der Waals surface area contributed by atoms with Gasteiger partial charge in [0.05, 0.1) is 44.8 Å². The Morgan fingerprint density at radius 2 is 0.532 bits per heavy atom. The first-order valence-electron chi connectivity index (χ1n) is 23.3. The standard InChI is InChI=1S/C56H48N6/c57-33-43-53(59-45-25-9-1-17-35(45)36-18-2-10-26-46(36)59)54(60-47-27-11-3-19-37(47)38-20-4-12-28-48(38)60)44(34-58)56(62-51-31-15-7-23-41(51)42-24-8-16-32-52(42)62)55(43)61-49-29-13-5-21-39(49)40-22-6-14-30-50(40)61/h1,3,5,7,9,11,13,15,17,19,21,23,25,27,29,31H,2,4,6,8,10,12,14,16,18,20,22,24,26,28,30,32H2. The Bertz CT molecular complexity index is 3010. The SMILES string of the molecule is N#Cc1c(-n2c3c(c4ccccc42)CCCC3)c(-n2c3c(c4ccccc42)CCCC3)c(C#N)c(-n2c3c(c4ccccc42)CCCC3)c1-n1c2c(c3ccccc31)CCCC2. The summed E-state index contributed by atoms with van der Waals surface area (Å²) in [5.41, 5.74) is 19.8. The molecule has 0 spiro atoms. The monoisotopic (exact) mass is 804 g/mol. The molecule has 0 atom stereocenters. The molecule has 0 radical (unpaired) electrons. The van der Waals surface area contributed by atoms with Crippen LogP contribution in [0, 0.1) is 22.7 Å². The summed E-state index contributed by atoms with van der Waals surface area (Å²) >= 11 is 0. The molecule has 0 bridgehead atoms. The molecule has 302 valence electrons. The van der Waals surface area contributed by atoms with Crippen molar-refractivity contribution < 1.29 is 0 Å². The van der Waals surface area contributed by atoms with Gasteiger partial charge in [0, 0.05) is 44.3 Å². The molecule has 4 aromatic heterocycles. The minimum Gasteiger partial charge on any atom is -0.310 e. The summed E-state index contributed by atoms with van der Waals surface area (Å²) in [4.78, 5) is 0. The summed E-state index contributed by atoms with van der Waals surface area (Å²) in [6.07, 6.45) is 16.7. The lowest BCUT2D eigenvalue weighted by atomic mass is 9.93. The van der Waals surface area contributed by atoms with Crippen molar-refractivity contribution in [2.45, 2.75) is 103 Å². The maximum absolute atomic E-state index is 12.4. The topological polar surface area (TPSA) is 67.3 Å². The molecule has 0 unspecified atom stereocenters. The second-order valence-electron chi connectivity index (χ2n) is 18.3. The fraction of sp³-hybridized carbons (Fsp3) is 0.286. The van der Waals surface area contributed by atoms with Crippen LogP contribution in [0.4, 0.5) is 0 Å². The number of aromatic nitrogens is 4. The van der Waals surface area contributed by atoms with Gasteiger partial charge in [-0.25, -0.2) is 0 Å². The van der Waals surface area contributed by atoms with Crippen molar-refractivity contribution in [3.8, 4) is 34.9 Å². The van der Waals surface area contributed by atoms with E-state index < -0.39 is 0 Å². The quantitative estimate of drug-likeness (QED) is 0.178. The van der Waals surface area contributed by atoms with Gasteiger partial charge in [-0.2, -0.15) is 10.5 Å². The van der Waals surface area contributed by atoms with Crippen LogP contribution in [-0.2, 0) is 51.4 Å². The highest BCUT2D eigenvalue weighted by atomic mass is 15.1. The van der Waals surface area contributed by atoms with Crippen LogP contribution in [0.2, 0.25) is 0 Å². The zero-order chi connectivity index (χ0) is 41.1. The molecule has 0 fully saturated rings. The minimum atomic E-state index is 0.641. The van der Waals surface area contributed by atoms with Crippen molar-refractivity contribution in [3.05, 3.63) is 153 Å². The first-order valence-corrected chi connectivity index (χ1v) is 23.3. The van der Waals surface area contributed by atoms with Crippen LogP contribution in [0.25, 0.3) is 66.4 Å². The van der Waals surface area contributed by atoms with E-state index in [0.29, 0.717) is 11.1 Å². The highest BCUT2D eigenvalue weighted by molar-refractivity contribution is 5.99. The molecule has 9 aromatic rings. The van der Waals surface area contributed by atoms with Gasteiger partial charge in [-0.3, -0.25) is 0 Å². The smallest absolute Gasteiger partial charge is 0.104 e. The summed E-state index contributed by atoms with van der Waals surface area (Å²) in [7, 11) is 0. The van der Waals surface area contributed by atoms with Gasteiger partial charge in [0.2, 0.25) is 0 Å². The first-order chi connectivity index (χ1) is 30.8. The molecular weight excluding hydrogens is 757 g/mol. The van der Waals surface area contributed by atoms with Crippen molar-refractivity contribution >= 4 is 43.6 Å². The van der Waals surface area contributed by atoms with E-state index in [4.69, 9.17) is 0 Å². The lowest BCUT2D eigenvalue weighted by Gasteiger charge is -2.30. The van der Waals surface area contributed by atoms with Gasteiger partial charge in [0.1, 0.15) is 23.3 Å². The number of nitrogens with zero attached hydrogens (tertiary/aromatic N) is 6. The normalized spacial score (nSPS) is 16.0. The predicted octanol–water partition coefficient (Wildman–Crippen LogP) is 12.7. The maximum atomic E-state index is 12.4. The Balaban J connectivity index is 1.33. The molecule has 0 saturated heterocycles. The average molecular weight is 805 g/mol. The van der Waals surface area contributed by atoms with Gasteiger partial charge in [0.15, 0.2) is 0 Å². The third kappa shape index (κ3) is 4.84. The van der Waals surface area contributed by atoms with Gasteiger partial charge in [-0.15, -0.1) is 0 Å². The summed E-state index contributed by atoms with van der Waals surface area (Å²) in [6.45, 7) is 0. The molecular formula is C56H48N6. The number of para-hydroxylation sites is 4.